The number of hydrogen-bond donors (Lipinski definition) is 1. The average Bonchev–Trinajstić information content (AvgIpc) is 3.84. The number of benzene rings is 2. The van der Waals surface area contributed by atoms with E-state index in [1.165, 1.54) is 7.11 Å². The molecule has 0 saturated carbocycles. The van der Waals surface area contributed by atoms with Gasteiger partial charge in [-0.2, -0.15) is 28.4 Å². The number of methoxy groups -OCH3 is 1. The van der Waals surface area contributed by atoms with E-state index >= 15 is 17.6 Å². The molecule has 3 fully saturated rings. The lowest BCUT2D eigenvalue weighted by atomic mass is 9.92. The van der Waals surface area contributed by atoms with Crippen molar-refractivity contribution in [2.24, 2.45) is 0 Å². The average molecular weight is 748 g/mol. The van der Waals surface area contributed by atoms with E-state index in [2.05, 4.69) is 9.97 Å². The number of fused-ring (bicyclic) bond motifs is 3. The van der Waals surface area contributed by atoms with Gasteiger partial charge in [0, 0.05) is 62.5 Å². The SMILES string of the molecule is CCN(c1nc(OC[C@@]23CCCN2C[C@H](F)C3)nc2c(F)c(-c3ccc(F)c4sc(N)c(C#N)c34)c(C(F)(F)F)cc12)[C@H]1CC(=O)N(CCOC)C1. The zero-order valence-corrected chi connectivity index (χ0v) is 29.1. The van der Waals surface area contributed by atoms with Crippen molar-refractivity contribution in [2.45, 2.75) is 56.5 Å². The van der Waals surface area contributed by atoms with Crippen LogP contribution in [0.1, 0.15) is 43.7 Å². The van der Waals surface area contributed by atoms with Crippen molar-refractivity contribution < 1.29 is 40.6 Å². The van der Waals surface area contributed by atoms with E-state index in [1.54, 1.807) is 16.7 Å². The Hall–Kier alpha value is -4.40. The fraction of sp³-hybridized carbons (Fsp3) is 0.486. The van der Waals surface area contributed by atoms with Gasteiger partial charge in [-0.05, 0) is 44.0 Å². The molecule has 0 unspecified atom stereocenters. The molecule has 3 aliphatic heterocycles. The maximum Gasteiger partial charge on any atom is 0.417 e. The summed E-state index contributed by atoms with van der Waals surface area (Å²) in [5.41, 5.74) is 1.79. The highest BCUT2D eigenvalue weighted by atomic mass is 32.1. The van der Waals surface area contributed by atoms with Crippen LogP contribution >= 0.6 is 11.3 Å². The van der Waals surface area contributed by atoms with E-state index in [0.29, 0.717) is 30.8 Å². The van der Waals surface area contributed by atoms with Crippen LogP contribution in [0.25, 0.3) is 32.1 Å². The number of carbonyl (C=O) groups excluding carboxylic acids is 1. The summed E-state index contributed by atoms with van der Waals surface area (Å²) < 4.78 is 103. The number of likely N-dealkylation sites (tertiary alicyclic amines) is 1. The summed E-state index contributed by atoms with van der Waals surface area (Å²) in [7, 11) is 1.50. The van der Waals surface area contributed by atoms with Crippen molar-refractivity contribution in [3.8, 4) is 23.2 Å². The van der Waals surface area contributed by atoms with Crippen molar-refractivity contribution in [3.05, 3.63) is 41.0 Å². The third kappa shape index (κ3) is 6.03. The van der Waals surface area contributed by atoms with E-state index in [-0.39, 0.29) is 89.5 Å². The Morgan fingerprint density at radius 1 is 1.23 bits per heavy atom. The van der Waals surface area contributed by atoms with E-state index in [9.17, 15) is 18.8 Å². The number of halogens is 6. The Morgan fingerprint density at radius 2 is 2.02 bits per heavy atom. The van der Waals surface area contributed by atoms with Gasteiger partial charge in [0.15, 0.2) is 5.82 Å². The Labute approximate surface area is 298 Å². The second-order valence-corrected chi connectivity index (χ2v) is 14.5. The fourth-order valence-corrected chi connectivity index (χ4v) is 9.03. The predicted molar refractivity (Wildman–Crippen MR) is 183 cm³/mol. The number of ether oxygens (including phenoxy) is 2. The van der Waals surface area contributed by atoms with E-state index < -0.39 is 57.8 Å². The van der Waals surface area contributed by atoms with Crippen molar-refractivity contribution in [1.29, 1.82) is 5.26 Å². The maximum atomic E-state index is 17.2. The largest absolute Gasteiger partial charge is 0.461 e. The van der Waals surface area contributed by atoms with E-state index in [1.807, 2.05) is 11.0 Å². The second-order valence-electron chi connectivity index (χ2n) is 13.4. The number of anilines is 2. The van der Waals surface area contributed by atoms with Crippen LogP contribution in [0.5, 0.6) is 6.01 Å². The molecular weight excluding hydrogens is 712 g/mol. The predicted octanol–water partition coefficient (Wildman–Crippen LogP) is 6.29. The summed E-state index contributed by atoms with van der Waals surface area (Å²) in [6.07, 6.45) is -4.50. The molecule has 276 valence electrons. The molecule has 52 heavy (non-hydrogen) atoms. The third-order valence-corrected chi connectivity index (χ3v) is 11.5. The summed E-state index contributed by atoms with van der Waals surface area (Å²) >= 11 is 0.673. The van der Waals surface area contributed by atoms with Crippen LogP contribution < -0.4 is 15.4 Å². The molecule has 2 aromatic carbocycles. The summed E-state index contributed by atoms with van der Waals surface area (Å²) in [5.74, 6) is -2.50. The van der Waals surface area contributed by atoms with Crippen LogP contribution in [0, 0.1) is 23.0 Å². The minimum Gasteiger partial charge on any atom is -0.461 e. The molecule has 2 N–H and O–H groups in total. The molecule has 1 amide bonds. The second kappa shape index (κ2) is 13.5. The number of carbonyl (C=O) groups is 1. The quantitative estimate of drug-likeness (QED) is 0.187. The van der Waals surface area contributed by atoms with Crippen molar-refractivity contribution >= 4 is 49.1 Å². The standard InChI is InChI=1S/C35H35F6N7O3S/c1-3-48(19-11-25(49)46(16-19)9-10-50-2)32-21-12-23(35(39,40)41)27(20-5-6-24(37)30-26(20)22(14-42)31(43)52-30)28(38)29(21)44-33(45-32)51-17-34-7-4-8-47(34)15-18(36)13-34/h5-6,12,18-19H,3-4,7-11,13,15-17,43H2,1-2H3/t18-,19+,34+/m1/s1. The molecule has 0 radical (unpaired) electrons. The fourth-order valence-electron chi connectivity index (χ4n) is 8.08. The highest BCUT2D eigenvalue weighted by Gasteiger charge is 2.49. The Balaban J connectivity index is 1.44. The number of rotatable bonds is 10. The number of hydrogen-bond acceptors (Lipinski definition) is 10. The van der Waals surface area contributed by atoms with Crippen LogP contribution in [0.4, 0.5) is 37.2 Å². The molecule has 3 atom stereocenters. The normalized spacial score (nSPS) is 22.1. The molecule has 0 spiro atoms. The van der Waals surface area contributed by atoms with Gasteiger partial charge in [-0.3, -0.25) is 9.69 Å². The maximum absolute atomic E-state index is 17.2. The van der Waals surface area contributed by atoms with E-state index in [0.717, 1.165) is 24.6 Å². The monoisotopic (exact) mass is 747 g/mol. The Morgan fingerprint density at radius 3 is 2.73 bits per heavy atom. The molecule has 2 aromatic heterocycles. The summed E-state index contributed by atoms with van der Waals surface area (Å²) in [4.78, 5) is 27.1. The first-order chi connectivity index (χ1) is 24.8. The van der Waals surface area contributed by atoms with Crippen LogP contribution in [0.3, 0.4) is 0 Å². The lowest BCUT2D eigenvalue weighted by molar-refractivity contribution is -0.137. The van der Waals surface area contributed by atoms with Crippen molar-refractivity contribution in [2.75, 3.05) is 63.7 Å². The van der Waals surface area contributed by atoms with Gasteiger partial charge in [0.05, 0.1) is 34.0 Å². The molecule has 3 saturated heterocycles. The summed E-state index contributed by atoms with van der Waals surface area (Å²) in [6, 6.07) is 3.56. The van der Waals surface area contributed by atoms with Gasteiger partial charge in [0.1, 0.15) is 41.0 Å². The van der Waals surface area contributed by atoms with Gasteiger partial charge in [-0.1, -0.05) is 6.07 Å². The highest BCUT2D eigenvalue weighted by molar-refractivity contribution is 7.23. The van der Waals surface area contributed by atoms with Crippen LogP contribution in [0.2, 0.25) is 0 Å². The van der Waals surface area contributed by atoms with Gasteiger partial charge in [0.25, 0.3) is 0 Å². The minimum absolute atomic E-state index is 0.0198. The topological polar surface area (TPSA) is 121 Å². The molecule has 10 nitrogen and oxygen atoms in total. The van der Waals surface area contributed by atoms with Crippen LogP contribution in [0.15, 0.2) is 18.2 Å². The molecule has 0 bridgehead atoms. The first kappa shape index (κ1) is 36.0. The number of likely N-dealkylation sites (N-methyl/N-ethyl adjacent to an activating group) is 1. The third-order valence-electron chi connectivity index (χ3n) is 10.4. The zero-order valence-electron chi connectivity index (χ0n) is 28.3. The molecule has 17 heteroatoms. The minimum atomic E-state index is -5.14. The number of alkyl halides is 4. The lowest BCUT2D eigenvalue weighted by Gasteiger charge is -2.32. The molecular formula is C35H35F6N7O3S. The van der Waals surface area contributed by atoms with E-state index in [4.69, 9.17) is 15.2 Å². The van der Waals surface area contributed by atoms with Crippen molar-refractivity contribution in [3.63, 3.8) is 0 Å². The molecule has 7 rings (SSSR count). The highest BCUT2D eigenvalue weighted by Crippen LogP contribution is 2.48. The lowest BCUT2D eigenvalue weighted by Crippen LogP contribution is -2.43. The van der Waals surface area contributed by atoms with Crippen LogP contribution in [-0.2, 0) is 15.7 Å². The number of nitriles is 1. The summed E-state index contributed by atoms with van der Waals surface area (Å²) in [6.45, 7) is 3.59. The van der Waals surface area contributed by atoms with Crippen molar-refractivity contribution in [1.82, 2.24) is 19.8 Å². The number of nitrogen functional groups attached to an aromatic ring is 1. The number of nitrogens with two attached hydrogens (primary N) is 1. The number of aromatic nitrogens is 2. The van der Waals surface area contributed by atoms with Crippen LogP contribution in [-0.4, -0.2) is 96.5 Å². The Kier molecular flexibility index (Phi) is 9.37. The number of nitrogens with zero attached hydrogens (tertiary/aromatic N) is 6. The van der Waals surface area contributed by atoms with Gasteiger partial charge in [-0.25, -0.2) is 13.2 Å². The Bertz CT molecular complexity index is 2110. The molecule has 5 heterocycles. The molecule has 4 aromatic rings. The van der Waals surface area contributed by atoms with Gasteiger partial charge in [-0.15, -0.1) is 11.3 Å². The van der Waals surface area contributed by atoms with Gasteiger partial charge < -0.3 is 25.0 Å². The molecule has 3 aliphatic rings. The molecule has 0 aliphatic carbocycles. The smallest absolute Gasteiger partial charge is 0.417 e. The first-order valence-electron chi connectivity index (χ1n) is 16.9. The van der Waals surface area contributed by atoms with Gasteiger partial charge >= 0.3 is 12.2 Å². The van der Waals surface area contributed by atoms with Gasteiger partial charge in [0.2, 0.25) is 5.91 Å². The zero-order chi connectivity index (χ0) is 37.1. The number of amides is 1. The first-order valence-corrected chi connectivity index (χ1v) is 17.7. The number of thiophene rings is 1. The summed E-state index contributed by atoms with van der Waals surface area (Å²) in [5, 5.41) is 9.17.